The quantitative estimate of drug-likeness (QED) is 0.204. The van der Waals surface area contributed by atoms with Gasteiger partial charge >= 0.3 is 7.12 Å². The van der Waals surface area contributed by atoms with E-state index in [1.807, 2.05) is 72.9 Å². The summed E-state index contributed by atoms with van der Waals surface area (Å²) in [5, 5.41) is 1.01. The molecule has 0 N–H and O–H groups in total. The van der Waals surface area contributed by atoms with Gasteiger partial charge in [-0.3, -0.25) is 4.98 Å². The predicted octanol–water partition coefficient (Wildman–Crippen LogP) is 7.39. The van der Waals surface area contributed by atoms with Crippen LogP contribution in [0.15, 0.2) is 115 Å². The van der Waals surface area contributed by atoms with E-state index in [9.17, 15) is 0 Å². The highest BCUT2D eigenvalue weighted by molar-refractivity contribution is 6.65. The lowest BCUT2D eigenvalue weighted by molar-refractivity contribution is 0.00578. The highest BCUT2D eigenvalue weighted by Crippen LogP contribution is 2.37. The van der Waals surface area contributed by atoms with Crippen molar-refractivity contribution < 1.29 is 9.31 Å². The zero-order chi connectivity index (χ0) is 29.6. The first-order valence-corrected chi connectivity index (χ1v) is 14.5. The van der Waals surface area contributed by atoms with Gasteiger partial charge in [0.2, 0.25) is 0 Å². The van der Waals surface area contributed by atoms with Gasteiger partial charge in [0.1, 0.15) is 0 Å². The van der Waals surface area contributed by atoms with Crippen LogP contribution in [0.3, 0.4) is 0 Å². The smallest absolute Gasteiger partial charge is 0.399 e. The molecule has 0 spiro atoms. The van der Waals surface area contributed by atoms with Crippen LogP contribution in [0.4, 0.5) is 0 Å². The van der Waals surface area contributed by atoms with Crippen LogP contribution in [-0.4, -0.2) is 38.3 Å². The molecular formula is C36H31BN4O2. The summed E-state index contributed by atoms with van der Waals surface area (Å²) in [7, 11) is -0.463. The first-order chi connectivity index (χ1) is 20.8. The summed E-state index contributed by atoms with van der Waals surface area (Å²) >= 11 is 0. The molecule has 1 aliphatic heterocycles. The lowest BCUT2D eigenvalue weighted by atomic mass is 9.76. The molecule has 7 heteroatoms. The number of hydrogen-bond donors (Lipinski definition) is 0. The first kappa shape index (κ1) is 27.1. The van der Waals surface area contributed by atoms with Crippen LogP contribution in [0.25, 0.3) is 56.2 Å². The van der Waals surface area contributed by atoms with Crippen molar-refractivity contribution in [2.45, 2.75) is 38.9 Å². The van der Waals surface area contributed by atoms with Crippen molar-refractivity contribution in [3.8, 4) is 45.3 Å². The second-order valence-corrected chi connectivity index (χ2v) is 11.8. The van der Waals surface area contributed by atoms with Gasteiger partial charge in [-0.2, -0.15) is 0 Å². The lowest BCUT2D eigenvalue weighted by Gasteiger charge is -2.32. The Bertz CT molecular complexity index is 1850. The van der Waals surface area contributed by atoms with Crippen LogP contribution >= 0.6 is 0 Å². The second-order valence-electron chi connectivity index (χ2n) is 11.8. The number of fused-ring (bicyclic) bond motifs is 1. The first-order valence-electron chi connectivity index (χ1n) is 14.5. The van der Waals surface area contributed by atoms with Crippen molar-refractivity contribution in [2.75, 3.05) is 0 Å². The number of rotatable bonds is 5. The van der Waals surface area contributed by atoms with E-state index in [2.05, 4.69) is 75.1 Å². The highest BCUT2D eigenvalue weighted by Gasteiger charge is 2.52. The Morgan fingerprint density at radius 3 is 1.51 bits per heavy atom. The molecule has 7 rings (SSSR count). The van der Waals surface area contributed by atoms with Crippen molar-refractivity contribution in [1.82, 2.24) is 19.9 Å². The zero-order valence-corrected chi connectivity index (χ0v) is 24.7. The Morgan fingerprint density at radius 1 is 0.512 bits per heavy atom. The molecule has 1 aliphatic rings. The third kappa shape index (κ3) is 5.11. The van der Waals surface area contributed by atoms with Crippen LogP contribution in [0.1, 0.15) is 27.7 Å². The van der Waals surface area contributed by atoms with E-state index in [4.69, 9.17) is 24.3 Å². The molecule has 43 heavy (non-hydrogen) atoms. The van der Waals surface area contributed by atoms with E-state index in [0.29, 0.717) is 17.5 Å². The minimum Gasteiger partial charge on any atom is -0.399 e. The molecule has 1 saturated heterocycles. The third-order valence-electron chi connectivity index (χ3n) is 8.46. The maximum absolute atomic E-state index is 6.38. The predicted molar refractivity (Wildman–Crippen MR) is 173 cm³/mol. The van der Waals surface area contributed by atoms with Crippen molar-refractivity contribution in [3.63, 3.8) is 0 Å². The topological polar surface area (TPSA) is 70.0 Å². The molecule has 210 valence electrons. The van der Waals surface area contributed by atoms with Gasteiger partial charge in [-0.25, -0.2) is 15.0 Å². The van der Waals surface area contributed by atoms with E-state index in [-0.39, 0.29) is 0 Å². The number of aromatic nitrogens is 4. The highest BCUT2D eigenvalue weighted by atomic mass is 16.7. The largest absolute Gasteiger partial charge is 0.495 e. The molecule has 2 aromatic heterocycles. The molecule has 4 aromatic carbocycles. The molecule has 6 aromatic rings. The molecule has 0 unspecified atom stereocenters. The van der Waals surface area contributed by atoms with Gasteiger partial charge in [0.15, 0.2) is 17.5 Å². The monoisotopic (exact) mass is 562 g/mol. The maximum atomic E-state index is 6.38. The van der Waals surface area contributed by atoms with Crippen LogP contribution < -0.4 is 5.46 Å². The Labute approximate surface area is 252 Å². The normalized spacial score (nSPS) is 15.6. The van der Waals surface area contributed by atoms with Crippen LogP contribution in [-0.2, 0) is 9.31 Å². The van der Waals surface area contributed by atoms with Gasteiger partial charge in [-0.05, 0) is 62.5 Å². The van der Waals surface area contributed by atoms with Crippen molar-refractivity contribution in [2.24, 2.45) is 0 Å². The van der Waals surface area contributed by atoms with Crippen molar-refractivity contribution in [3.05, 3.63) is 115 Å². The van der Waals surface area contributed by atoms with E-state index in [1.54, 1.807) is 0 Å². The van der Waals surface area contributed by atoms with E-state index in [0.717, 1.165) is 44.2 Å². The van der Waals surface area contributed by atoms with Gasteiger partial charge in [-0.1, -0.05) is 91.0 Å². The van der Waals surface area contributed by atoms with Gasteiger partial charge < -0.3 is 9.31 Å². The number of hydrogen-bond acceptors (Lipinski definition) is 6. The zero-order valence-electron chi connectivity index (χ0n) is 24.7. The Morgan fingerprint density at radius 2 is 0.977 bits per heavy atom. The molecule has 6 nitrogen and oxygen atoms in total. The molecular weight excluding hydrogens is 531 g/mol. The molecule has 0 aliphatic carbocycles. The number of benzene rings is 4. The summed E-state index contributed by atoms with van der Waals surface area (Å²) in [5.74, 6) is 1.92. The molecule has 0 saturated carbocycles. The summed E-state index contributed by atoms with van der Waals surface area (Å²) < 4.78 is 12.8. The molecule has 0 radical (unpaired) electrons. The van der Waals surface area contributed by atoms with Crippen molar-refractivity contribution in [1.29, 1.82) is 0 Å². The SMILES string of the molecule is CC1(C)OB(c2ccnc3ccc(-c4ccc(-c5nc(-c6ccccc6)nc(-c6ccccc6)n5)cc4)cc23)OC1(C)C. The summed E-state index contributed by atoms with van der Waals surface area (Å²) in [6, 6.07) is 36.7. The molecule has 3 heterocycles. The summed E-state index contributed by atoms with van der Waals surface area (Å²) in [6.07, 6.45) is 1.82. The fraction of sp³-hybridized carbons (Fsp3) is 0.167. The van der Waals surface area contributed by atoms with Crippen molar-refractivity contribution >= 4 is 23.5 Å². The molecule has 0 atom stereocenters. The third-order valence-corrected chi connectivity index (χ3v) is 8.46. The average molecular weight is 562 g/mol. The molecule has 1 fully saturated rings. The average Bonchev–Trinajstić information content (AvgIpc) is 3.27. The standard InChI is InChI=1S/C36H31BN4O2/c1-35(2)36(3,4)43-37(42-35)30-21-22-38-31-20-19-28(23-29(30)31)24-15-17-27(18-16-24)34-40-32(25-11-7-5-8-12-25)39-33(41-34)26-13-9-6-10-14-26/h5-23H,1-4H3. The van der Waals surface area contributed by atoms with Gasteiger partial charge in [0.05, 0.1) is 16.7 Å². The Balaban J connectivity index is 1.25. The maximum Gasteiger partial charge on any atom is 0.495 e. The van der Waals surface area contributed by atoms with Crippen LogP contribution in [0.5, 0.6) is 0 Å². The minimum atomic E-state index is -0.463. The Hall–Kier alpha value is -4.72. The van der Waals surface area contributed by atoms with Crippen LogP contribution in [0.2, 0.25) is 0 Å². The summed E-state index contributed by atoms with van der Waals surface area (Å²) in [5.41, 5.74) is 6.01. The summed E-state index contributed by atoms with van der Waals surface area (Å²) in [4.78, 5) is 19.1. The van der Waals surface area contributed by atoms with E-state index in [1.165, 1.54) is 0 Å². The molecule has 0 bridgehead atoms. The van der Waals surface area contributed by atoms with E-state index >= 15 is 0 Å². The summed E-state index contributed by atoms with van der Waals surface area (Å²) in [6.45, 7) is 8.28. The molecule has 0 amide bonds. The minimum absolute atomic E-state index is 0.420. The lowest BCUT2D eigenvalue weighted by Crippen LogP contribution is -2.41. The Kier molecular flexibility index (Phi) is 6.64. The van der Waals surface area contributed by atoms with Gasteiger partial charge in [0.25, 0.3) is 0 Å². The van der Waals surface area contributed by atoms with Gasteiger partial charge in [0, 0.05) is 28.3 Å². The fourth-order valence-electron chi connectivity index (χ4n) is 5.27. The number of pyridine rings is 1. The van der Waals surface area contributed by atoms with E-state index < -0.39 is 18.3 Å². The van der Waals surface area contributed by atoms with Crippen LogP contribution in [0, 0.1) is 0 Å². The fourth-order valence-corrected chi connectivity index (χ4v) is 5.27. The van der Waals surface area contributed by atoms with Gasteiger partial charge in [-0.15, -0.1) is 0 Å². The number of nitrogens with zero attached hydrogens (tertiary/aromatic N) is 4. The second kappa shape index (κ2) is 10.5.